The van der Waals surface area contributed by atoms with Crippen LogP contribution in [0.2, 0.25) is 0 Å². The molecule has 4 atom stereocenters. The van der Waals surface area contributed by atoms with Crippen molar-refractivity contribution in [3.05, 3.63) is 83.6 Å². The van der Waals surface area contributed by atoms with Gasteiger partial charge < -0.3 is 19.1 Å². The summed E-state index contributed by atoms with van der Waals surface area (Å²) < 4.78 is 83.2. The van der Waals surface area contributed by atoms with Gasteiger partial charge in [0.05, 0.1) is 46.2 Å². The Hall–Kier alpha value is -5.47. The Labute approximate surface area is 352 Å². The molecule has 2 bridgehead atoms. The van der Waals surface area contributed by atoms with Crippen molar-refractivity contribution in [3.8, 4) is 29.6 Å². The van der Waals surface area contributed by atoms with Crippen LogP contribution in [0.3, 0.4) is 0 Å². The number of aromatic nitrogens is 3. The molecule has 4 saturated heterocycles. The van der Waals surface area contributed by atoms with E-state index in [-0.39, 0.29) is 65.2 Å². The lowest BCUT2D eigenvalue weighted by molar-refractivity contribution is 0.0122. The molecule has 0 unspecified atom stereocenters. The number of carbonyl (C=O) groups excluding carboxylic acids is 1. The summed E-state index contributed by atoms with van der Waals surface area (Å²) in [6.45, 7) is 8.35. The maximum Gasteiger partial charge on any atom is 0.410 e. The number of nitrogens with zero attached hydrogens (tertiary/aromatic N) is 6. The first-order valence-electron chi connectivity index (χ1n) is 20.5. The van der Waals surface area contributed by atoms with Crippen molar-refractivity contribution in [2.45, 2.75) is 93.7 Å². The highest BCUT2D eigenvalue weighted by Crippen LogP contribution is 2.42. The number of fused-ring (bicyclic) bond motifs is 5. The van der Waals surface area contributed by atoms with Crippen LogP contribution in [-0.2, 0) is 26.2 Å². The Kier molecular flexibility index (Phi) is 10.4. The first kappa shape index (κ1) is 40.9. The Morgan fingerprint density at radius 3 is 2.49 bits per heavy atom. The maximum absolute atomic E-state index is 17.2. The fraction of sp³-hybridized carbons (Fsp3) is 0.422. The molecule has 318 valence electrons. The van der Waals surface area contributed by atoms with Crippen LogP contribution < -0.4 is 9.64 Å². The van der Waals surface area contributed by atoms with Gasteiger partial charge in [0.25, 0.3) is 10.1 Å². The van der Waals surface area contributed by atoms with Crippen molar-refractivity contribution in [2.24, 2.45) is 0 Å². The molecule has 1 amide bonds. The Bertz CT molecular complexity index is 2690. The number of carbonyl (C=O) groups is 1. The predicted octanol–water partition coefficient (Wildman–Crippen LogP) is 7.14. The molecule has 0 spiro atoms. The van der Waals surface area contributed by atoms with E-state index >= 15 is 8.78 Å². The second-order valence-corrected chi connectivity index (χ2v) is 18.9. The summed E-state index contributed by atoms with van der Waals surface area (Å²) >= 11 is 0. The average molecular weight is 853 g/mol. The molecule has 9 rings (SSSR count). The van der Waals surface area contributed by atoms with Crippen LogP contribution in [0.15, 0.2) is 65.7 Å². The van der Waals surface area contributed by atoms with E-state index in [1.165, 1.54) is 24.4 Å². The van der Waals surface area contributed by atoms with E-state index in [9.17, 15) is 17.8 Å². The van der Waals surface area contributed by atoms with Crippen LogP contribution in [-0.4, -0.2) is 106 Å². The summed E-state index contributed by atoms with van der Waals surface area (Å²) in [5, 5.41) is 1.36. The van der Waals surface area contributed by atoms with Crippen molar-refractivity contribution in [1.29, 1.82) is 0 Å². The topological polar surface area (TPSA) is 148 Å². The van der Waals surface area contributed by atoms with Gasteiger partial charge in [-0.25, -0.2) is 13.6 Å². The number of halogens is 2. The van der Waals surface area contributed by atoms with Crippen LogP contribution in [0.1, 0.15) is 64.0 Å². The number of anilines is 1. The third-order valence-electron chi connectivity index (χ3n) is 12.4. The van der Waals surface area contributed by atoms with Gasteiger partial charge in [0.1, 0.15) is 35.1 Å². The summed E-state index contributed by atoms with van der Waals surface area (Å²) in [4.78, 5) is 33.6. The summed E-state index contributed by atoms with van der Waals surface area (Å²) in [6, 6.07) is 13.7. The second-order valence-electron chi connectivity index (χ2n) is 17.5. The minimum Gasteiger partial charge on any atom is -0.461 e. The number of ether oxygens (including phenoxy) is 3. The maximum atomic E-state index is 17.2. The lowest BCUT2D eigenvalue weighted by Gasteiger charge is -2.42. The van der Waals surface area contributed by atoms with E-state index in [1.807, 2.05) is 30.6 Å². The molecule has 6 heterocycles. The zero-order valence-electron chi connectivity index (χ0n) is 34.1. The van der Waals surface area contributed by atoms with E-state index in [1.54, 1.807) is 36.4 Å². The molecule has 4 aliphatic heterocycles. The molecule has 61 heavy (non-hydrogen) atoms. The summed E-state index contributed by atoms with van der Waals surface area (Å²) in [5.41, 5.74) is -0.0117. The number of hydrogen-bond acceptors (Lipinski definition) is 11. The van der Waals surface area contributed by atoms with Gasteiger partial charge in [-0.2, -0.15) is 18.4 Å². The average Bonchev–Trinajstić information content (AvgIpc) is 3.86. The van der Waals surface area contributed by atoms with Crippen LogP contribution in [0.25, 0.3) is 32.9 Å². The fourth-order valence-electron chi connectivity index (χ4n) is 9.65. The van der Waals surface area contributed by atoms with E-state index in [0.717, 1.165) is 37.8 Å². The fourth-order valence-corrected chi connectivity index (χ4v) is 10.1. The van der Waals surface area contributed by atoms with Crippen LogP contribution in [0.5, 0.6) is 6.01 Å². The van der Waals surface area contributed by atoms with Gasteiger partial charge in [0.15, 0.2) is 5.82 Å². The highest BCUT2D eigenvalue weighted by molar-refractivity contribution is 7.85. The molecule has 0 aliphatic carbocycles. The first-order chi connectivity index (χ1) is 29.1. The molecule has 0 radical (unpaired) electrons. The molecule has 4 aliphatic rings. The van der Waals surface area contributed by atoms with E-state index in [0.29, 0.717) is 53.6 Å². The van der Waals surface area contributed by atoms with Crippen molar-refractivity contribution in [1.82, 2.24) is 24.8 Å². The Balaban J connectivity index is 1.04. The highest BCUT2D eigenvalue weighted by atomic mass is 32.2. The second kappa shape index (κ2) is 15.5. The molecule has 5 aromatic rings. The predicted molar refractivity (Wildman–Crippen MR) is 224 cm³/mol. The van der Waals surface area contributed by atoms with Crippen molar-refractivity contribution >= 4 is 43.7 Å². The zero-order valence-corrected chi connectivity index (χ0v) is 34.9. The number of hydrogen-bond donors (Lipinski definition) is 1. The van der Waals surface area contributed by atoms with Gasteiger partial charge >= 0.3 is 12.1 Å². The molecule has 2 aromatic heterocycles. The quantitative estimate of drug-likeness (QED) is 0.119. The van der Waals surface area contributed by atoms with Gasteiger partial charge in [-0.05, 0) is 88.6 Å². The third kappa shape index (κ3) is 7.73. The first-order valence-corrected chi connectivity index (χ1v) is 21.9. The molecule has 13 nitrogen and oxygen atoms in total. The number of pyridine rings is 1. The largest absolute Gasteiger partial charge is 0.461 e. The molecule has 1 N–H and O–H groups in total. The van der Waals surface area contributed by atoms with E-state index in [4.69, 9.17) is 30.6 Å². The van der Waals surface area contributed by atoms with E-state index < -0.39 is 32.9 Å². The van der Waals surface area contributed by atoms with Crippen LogP contribution in [0.4, 0.5) is 19.4 Å². The molecular formula is C45H46F2N6O7S. The van der Waals surface area contributed by atoms with Gasteiger partial charge in [-0.15, -0.1) is 6.42 Å². The SMILES string of the molecule is C#Cc1c(F)ccc2cccc(-c3ncc4c(N5C[C@H]6CC[C@@H](C5)N6C(=O)OC(C)(C)C)nc(OC[C@@]56CCCN5C[C@H](OCc5ccc(S(=O)(=O)O)cc5)C6)nc4c3F)c12. The summed E-state index contributed by atoms with van der Waals surface area (Å²) in [7, 11) is -4.30. The highest BCUT2D eigenvalue weighted by Gasteiger charge is 2.50. The normalized spacial score (nSPS) is 22.8. The summed E-state index contributed by atoms with van der Waals surface area (Å²) in [5.74, 6) is 1.53. The number of benzene rings is 3. The third-order valence-corrected chi connectivity index (χ3v) is 13.2. The molecule has 4 fully saturated rings. The molecule has 3 aromatic carbocycles. The van der Waals surface area contributed by atoms with Gasteiger partial charge in [-0.1, -0.05) is 42.3 Å². The van der Waals surface area contributed by atoms with Gasteiger partial charge in [0.2, 0.25) is 0 Å². The van der Waals surface area contributed by atoms with Gasteiger partial charge in [-0.3, -0.25) is 19.3 Å². The monoisotopic (exact) mass is 852 g/mol. The van der Waals surface area contributed by atoms with Gasteiger partial charge in [0, 0.05) is 36.8 Å². The molecule has 16 heteroatoms. The summed E-state index contributed by atoms with van der Waals surface area (Å²) in [6.07, 6.45) is 10.8. The lowest BCUT2D eigenvalue weighted by atomic mass is 9.94. The number of amides is 1. The molecule has 0 saturated carbocycles. The minimum atomic E-state index is -4.30. The van der Waals surface area contributed by atoms with Crippen molar-refractivity contribution in [3.63, 3.8) is 0 Å². The van der Waals surface area contributed by atoms with Crippen LogP contribution >= 0.6 is 0 Å². The Morgan fingerprint density at radius 1 is 1.03 bits per heavy atom. The minimum absolute atomic E-state index is 0.00871. The van der Waals surface area contributed by atoms with E-state index in [2.05, 4.69) is 15.8 Å². The smallest absolute Gasteiger partial charge is 0.410 e. The number of piperazine rings is 1. The Morgan fingerprint density at radius 2 is 1.79 bits per heavy atom. The number of rotatable bonds is 9. The number of terminal acetylenes is 1. The van der Waals surface area contributed by atoms with Crippen LogP contribution in [0, 0.1) is 24.0 Å². The zero-order chi connectivity index (χ0) is 42.8. The van der Waals surface area contributed by atoms with Crippen molar-refractivity contribution in [2.75, 3.05) is 37.7 Å². The van der Waals surface area contributed by atoms with Crippen molar-refractivity contribution < 1.29 is 40.8 Å². The lowest BCUT2D eigenvalue weighted by Crippen LogP contribution is -2.57. The molecular weight excluding hydrogens is 807 g/mol. The standard InChI is InChI=1S/C45H46F2N6O7S/c1-5-33-36(46)17-12-28-8-6-9-34(37(28)33)39-38(47)40-35(21-48-39)41(51-22-29-13-14-30(23-51)53(29)43(54)60-44(2,3)4)50-42(49-40)59-26-45-18-7-19-52(45)24-31(20-45)58-25-27-10-15-32(16-11-27)61(55,56)57/h1,6,8-12,15-17,21,29-31H,7,13-14,18-20,22-26H2,2-4H3,(H,55,56,57)/t29-,30+,31-,45+/m1/s1.